The van der Waals surface area contributed by atoms with Crippen LogP contribution in [0.25, 0.3) is 0 Å². The molecule has 2 unspecified atom stereocenters. The van der Waals surface area contributed by atoms with Crippen molar-refractivity contribution in [3.63, 3.8) is 0 Å². The number of halogens is 1. The molecule has 0 radical (unpaired) electrons. The Kier molecular flexibility index (Phi) is 5.60. The number of nitrogens with one attached hydrogen (secondary N) is 1. The minimum Gasteiger partial charge on any atom is -0.388 e. The normalized spacial score (nSPS) is 17.1. The summed E-state index contributed by atoms with van der Waals surface area (Å²) in [5.41, 5.74) is -0.702. The van der Waals surface area contributed by atoms with Gasteiger partial charge in [-0.3, -0.25) is 0 Å². The van der Waals surface area contributed by atoms with E-state index in [1.165, 1.54) is 4.88 Å². The lowest BCUT2D eigenvalue weighted by atomic mass is 10.1. The summed E-state index contributed by atoms with van der Waals surface area (Å²) in [4.78, 5) is 3.27. The van der Waals surface area contributed by atoms with Crippen molar-refractivity contribution in [2.24, 2.45) is 0 Å². The third-order valence-corrected chi connectivity index (χ3v) is 4.34. The maximum atomic E-state index is 10.2. The van der Waals surface area contributed by atoms with Gasteiger partial charge in [-0.05, 0) is 49.9 Å². The number of thiophene rings is 1. The van der Waals surface area contributed by atoms with Crippen LogP contribution in [0.1, 0.15) is 24.8 Å². The molecule has 1 rings (SSSR count). The maximum Gasteiger partial charge on any atom is 0.0869 e. The van der Waals surface area contributed by atoms with Crippen LogP contribution >= 0.6 is 27.3 Å². The van der Waals surface area contributed by atoms with Crippen molar-refractivity contribution in [1.82, 2.24) is 10.2 Å². The van der Waals surface area contributed by atoms with Gasteiger partial charge >= 0.3 is 0 Å². The van der Waals surface area contributed by atoms with Crippen LogP contribution in [0.4, 0.5) is 0 Å². The van der Waals surface area contributed by atoms with E-state index < -0.39 is 5.60 Å². The third kappa shape index (κ3) is 5.48. The molecule has 17 heavy (non-hydrogen) atoms. The predicted octanol–water partition coefficient (Wildman–Crippen LogP) is 2.47. The van der Waals surface area contributed by atoms with Crippen LogP contribution in [0, 0.1) is 0 Å². The topological polar surface area (TPSA) is 35.5 Å². The van der Waals surface area contributed by atoms with Gasteiger partial charge < -0.3 is 15.3 Å². The predicted molar refractivity (Wildman–Crippen MR) is 77.6 cm³/mol. The Bertz CT molecular complexity index is 352. The fourth-order valence-corrected chi connectivity index (χ4v) is 3.24. The second kappa shape index (κ2) is 6.29. The van der Waals surface area contributed by atoms with Crippen molar-refractivity contribution >= 4 is 27.3 Å². The quantitative estimate of drug-likeness (QED) is 0.845. The van der Waals surface area contributed by atoms with Gasteiger partial charge in [0, 0.05) is 33.9 Å². The summed E-state index contributed by atoms with van der Waals surface area (Å²) in [6.45, 7) is 5.21. The van der Waals surface area contributed by atoms with E-state index in [9.17, 15) is 5.11 Å². The first-order valence-corrected chi connectivity index (χ1v) is 7.32. The van der Waals surface area contributed by atoms with Crippen molar-refractivity contribution in [3.8, 4) is 0 Å². The molecular formula is C12H21BrN2OS. The zero-order valence-electron chi connectivity index (χ0n) is 10.8. The zero-order chi connectivity index (χ0) is 13.1. The second-order valence-electron chi connectivity index (χ2n) is 5.00. The van der Waals surface area contributed by atoms with Crippen LogP contribution in [-0.4, -0.2) is 42.8 Å². The molecule has 2 N–H and O–H groups in total. The van der Waals surface area contributed by atoms with Crippen LogP contribution in [0.5, 0.6) is 0 Å². The van der Waals surface area contributed by atoms with E-state index in [0.29, 0.717) is 13.1 Å². The maximum absolute atomic E-state index is 10.2. The lowest BCUT2D eigenvalue weighted by Crippen LogP contribution is -2.46. The van der Waals surface area contributed by atoms with Gasteiger partial charge in [0.15, 0.2) is 0 Å². The molecule has 0 aliphatic carbocycles. The number of likely N-dealkylation sites (N-methyl/N-ethyl adjacent to an activating group) is 1. The second-order valence-corrected chi connectivity index (χ2v) is 6.86. The van der Waals surface area contributed by atoms with Gasteiger partial charge in [0.1, 0.15) is 0 Å². The fraction of sp³-hybridized carbons (Fsp3) is 0.667. The molecule has 1 heterocycles. The molecule has 98 valence electrons. The molecule has 0 bridgehead atoms. The van der Waals surface area contributed by atoms with Crippen molar-refractivity contribution in [1.29, 1.82) is 0 Å². The molecule has 0 amide bonds. The van der Waals surface area contributed by atoms with Crippen LogP contribution in [0.15, 0.2) is 15.9 Å². The van der Waals surface area contributed by atoms with E-state index in [-0.39, 0.29) is 6.04 Å². The van der Waals surface area contributed by atoms with E-state index in [0.717, 1.165) is 4.47 Å². The highest BCUT2D eigenvalue weighted by Gasteiger charge is 2.22. The van der Waals surface area contributed by atoms with Gasteiger partial charge in [0.05, 0.1) is 5.60 Å². The first-order chi connectivity index (χ1) is 7.80. The average molecular weight is 321 g/mol. The van der Waals surface area contributed by atoms with E-state index in [1.807, 2.05) is 25.9 Å². The third-order valence-electron chi connectivity index (χ3n) is 2.46. The van der Waals surface area contributed by atoms with E-state index in [4.69, 9.17) is 0 Å². The Labute approximate surface area is 116 Å². The van der Waals surface area contributed by atoms with Gasteiger partial charge in [0.25, 0.3) is 0 Å². The Hall–Kier alpha value is 0.0600. The van der Waals surface area contributed by atoms with Crippen molar-refractivity contribution in [2.75, 3.05) is 27.2 Å². The molecule has 0 aliphatic rings. The Morgan fingerprint density at radius 1 is 1.59 bits per heavy atom. The molecule has 3 nitrogen and oxygen atoms in total. The molecule has 0 spiro atoms. The molecule has 0 saturated heterocycles. The number of aliphatic hydroxyl groups is 1. The number of rotatable bonds is 6. The summed E-state index contributed by atoms with van der Waals surface area (Å²) in [6, 6.07) is 2.38. The summed E-state index contributed by atoms with van der Waals surface area (Å²) in [5, 5.41) is 15.6. The summed E-state index contributed by atoms with van der Waals surface area (Å²) >= 11 is 5.17. The van der Waals surface area contributed by atoms with Crippen molar-refractivity contribution in [2.45, 2.75) is 25.5 Å². The molecule has 0 saturated carbocycles. The molecule has 1 aromatic heterocycles. The fourth-order valence-electron chi connectivity index (χ4n) is 1.77. The Balaban J connectivity index is 2.45. The minimum absolute atomic E-state index is 0.264. The summed E-state index contributed by atoms with van der Waals surface area (Å²) in [6.07, 6.45) is 0. The van der Waals surface area contributed by atoms with Gasteiger partial charge in [-0.2, -0.15) is 0 Å². The molecule has 0 fully saturated rings. The number of nitrogens with zero attached hydrogens (tertiary/aromatic N) is 1. The first kappa shape index (κ1) is 15.1. The van der Waals surface area contributed by atoms with Gasteiger partial charge in [0.2, 0.25) is 0 Å². The molecular weight excluding hydrogens is 300 g/mol. The Morgan fingerprint density at radius 3 is 2.71 bits per heavy atom. The average Bonchev–Trinajstić information content (AvgIpc) is 2.59. The van der Waals surface area contributed by atoms with Gasteiger partial charge in [-0.15, -0.1) is 11.3 Å². The standard InChI is InChI=1S/C12H21BrN2OS/c1-9(11-5-10(13)6-17-11)14-7-12(2,16)8-15(3)4/h5-6,9,14,16H,7-8H2,1-4H3. The lowest BCUT2D eigenvalue weighted by molar-refractivity contribution is 0.0318. The highest BCUT2D eigenvalue weighted by atomic mass is 79.9. The lowest BCUT2D eigenvalue weighted by Gasteiger charge is -2.28. The smallest absolute Gasteiger partial charge is 0.0869 e. The minimum atomic E-state index is -0.702. The van der Waals surface area contributed by atoms with Crippen LogP contribution in [-0.2, 0) is 0 Å². The van der Waals surface area contributed by atoms with E-state index in [2.05, 4.69) is 39.6 Å². The van der Waals surface area contributed by atoms with Crippen LogP contribution in [0.3, 0.4) is 0 Å². The van der Waals surface area contributed by atoms with E-state index in [1.54, 1.807) is 11.3 Å². The first-order valence-electron chi connectivity index (χ1n) is 5.64. The van der Waals surface area contributed by atoms with Crippen molar-refractivity contribution in [3.05, 3.63) is 20.8 Å². The van der Waals surface area contributed by atoms with Crippen LogP contribution < -0.4 is 5.32 Å². The number of hydrogen-bond acceptors (Lipinski definition) is 4. The molecule has 2 atom stereocenters. The highest BCUT2D eigenvalue weighted by molar-refractivity contribution is 9.10. The summed E-state index contributed by atoms with van der Waals surface area (Å²) in [7, 11) is 3.93. The number of hydrogen-bond donors (Lipinski definition) is 2. The molecule has 1 aromatic rings. The van der Waals surface area contributed by atoms with Crippen molar-refractivity contribution < 1.29 is 5.11 Å². The Morgan fingerprint density at radius 2 is 2.24 bits per heavy atom. The van der Waals surface area contributed by atoms with Gasteiger partial charge in [-0.25, -0.2) is 0 Å². The summed E-state index contributed by atoms with van der Waals surface area (Å²) in [5.74, 6) is 0. The van der Waals surface area contributed by atoms with E-state index >= 15 is 0 Å². The SMILES string of the molecule is CC(NCC(C)(O)CN(C)C)c1cc(Br)cs1. The molecule has 5 heteroatoms. The van der Waals surface area contributed by atoms with Gasteiger partial charge in [-0.1, -0.05) is 0 Å². The monoisotopic (exact) mass is 320 g/mol. The van der Waals surface area contributed by atoms with Crippen LogP contribution in [0.2, 0.25) is 0 Å². The molecule has 0 aromatic carbocycles. The zero-order valence-corrected chi connectivity index (χ0v) is 13.2. The largest absolute Gasteiger partial charge is 0.388 e. The summed E-state index contributed by atoms with van der Waals surface area (Å²) < 4.78 is 1.12. The highest BCUT2D eigenvalue weighted by Crippen LogP contribution is 2.25. The molecule has 0 aliphatic heterocycles.